The van der Waals surface area contributed by atoms with Crippen LogP contribution < -0.4 is 26.7 Å². The summed E-state index contributed by atoms with van der Waals surface area (Å²) >= 11 is 0. The van der Waals surface area contributed by atoms with E-state index in [-0.39, 0.29) is 79.5 Å². The van der Waals surface area contributed by atoms with Crippen molar-refractivity contribution < 1.29 is 62.5 Å². The third-order valence-corrected chi connectivity index (χ3v) is 22.8. The summed E-state index contributed by atoms with van der Waals surface area (Å²) in [6.07, 6.45) is 0.477. The number of hydrogen-bond acceptors (Lipinski definition) is 16. The number of halogens is 11. The van der Waals surface area contributed by atoms with Crippen molar-refractivity contribution in [2.24, 2.45) is 35.5 Å². The van der Waals surface area contributed by atoms with Crippen molar-refractivity contribution in [2.45, 2.75) is 184 Å². The van der Waals surface area contributed by atoms with Crippen LogP contribution in [0, 0.1) is 35.5 Å². The molecule has 6 aromatic rings. The summed E-state index contributed by atoms with van der Waals surface area (Å²) in [7, 11) is 0. The van der Waals surface area contributed by atoms with Gasteiger partial charge in [0.15, 0.2) is 23.1 Å². The van der Waals surface area contributed by atoms with Gasteiger partial charge in [0.1, 0.15) is 30.5 Å². The molecular weight excluding hydrogens is 1310 g/mol. The maximum absolute atomic E-state index is 13.6. The summed E-state index contributed by atoms with van der Waals surface area (Å²) < 4.78 is 165. The van der Waals surface area contributed by atoms with Gasteiger partial charge in [-0.3, -0.25) is 33.6 Å². The fraction of sp³-hybridized carbons (Fsp3) is 0.652. The topological polar surface area (TPSA) is 211 Å². The molecule has 6 N–H and O–H groups in total. The number of ether oxygens (including phenoxy) is 3. The average Bonchev–Trinajstić information content (AvgIpc) is 1.57. The lowest BCUT2D eigenvalue weighted by molar-refractivity contribution is -0.137. The lowest BCUT2D eigenvalue weighted by Gasteiger charge is -2.44. The van der Waals surface area contributed by atoms with Crippen molar-refractivity contribution in [1.82, 2.24) is 63.9 Å². The Morgan fingerprint density at radius 2 is 0.737 bits per heavy atom. The Hall–Kier alpha value is -6.89. The van der Waals surface area contributed by atoms with Crippen LogP contribution >= 0.6 is 0 Å². The zero-order chi connectivity index (χ0) is 69.9. The molecule has 0 radical (unpaired) electrons. The molecule has 0 aromatic carbocycles. The molecule has 6 aliphatic carbocycles. The van der Waals surface area contributed by atoms with Crippen molar-refractivity contribution in [1.29, 1.82) is 0 Å². The minimum absolute atomic E-state index is 0.103. The molecule has 16 rings (SSSR count). The van der Waals surface area contributed by atoms with Crippen LogP contribution in [0.1, 0.15) is 139 Å². The van der Waals surface area contributed by atoms with Gasteiger partial charge in [0.25, 0.3) is 0 Å². The largest absolute Gasteiger partial charge is 0.431 e. The fourth-order valence-electron chi connectivity index (χ4n) is 17.7. The minimum atomic E-state index is -4.55. The maximum atomic E-state index is 13.6. The highest BCUT2D eigenvalue weighted by Crippen LogP contribution is 2.67. The summed E-state index contributed by atoms with van der Waals surface area (Å²) in [4.78, 5) is 20.9. The van der Waals surface area contributed by atoms with E-state index < -0.39 is 55.5 Å². The highest BCUT2D eigenvalue weighted by molar-refractivity contribution is 5.66. The molecule has 0 bridgehead atoms. The quantitative estimate of drug-likeness (QED) is 0.0725. The second-order valence-electron chi connectivity index (χ2n) is 29.8. The summed E-state index contributed by atoms with van der Waals surface area (Å²) in [5.41, 5.74) is 22.5. The zero-order valence-electron chi connectivity index (χ0n) is 56.1. The lowest BCUT2D eigenvalue weighted by Crippen LogP contribution is -2.57. The van der Waals surface area contributed by atoms with E-state index in [4.69, 9.17) is 37.2 Å². The Morgan fingerprint density at radius 1 is 0.434 bits per heavy atom. The SMILES string of the molecule is CC(C)n1nc(-c2cnc(N)c(C(F)(F)F)c2)cc1C1[C@H]2CC(N3CCN(C4COC4)CC3)C[C@@H]12.CC(C)n1nc(-c2cnc(N)c(OC(F)F)c2)cc1C1[C@H]2CC(N3C[C@@H](F)[C@@H](F)C3)C[C@@H]12.CC(C)n1nc(-c2cnc(N)c(OC(F)F)c2)cc1C1[C@H]2CC(N3C[C@@H](F)[C@@H](F)C3)C[C@@H]12. The van der Waals surface area contributed by atoms with Crippen molar-refractivity contribution in [2.75, 3.05) is 82.8 Å². The van der Waals surface area contributed by atoms with Gasteiger partial charge in [-0.25, -0.2) is 32.5 Å². The predicted molar refractivity (Wildman–Crippen MR) is 348 cm³/mol. The highest BCUT2D eigenvalue weighted by Gasteiger charge is 2.62. The Balaban J connectivity index is 0.000000127. The average molecular weight is 1400 g/mol. The number of fused-ring (bicyclic) bond motifs is 3. The normalized spacial score (nSPS) is 31.4. The first kappa shape index (κ1) is 69.2. The number of nitrogen functional groups attached to an aromatic ring is 3. The maximum Gasteiger partial charge on any atom is 0.419 e. The van der Waals surface area contributed by atoms with Gasteiger partial charge in [0.05, 0.1) is 41.9 Å². The third-order valence-electron chi connectivity index (χ3n) is 22.8. The number of pyridine rings is 3. The number of likely N-dealkylation sites (tertiary alicyclic amines) is 2. The molecule has 30 heteroatoms. The standard InChI is InChI=1S/C25H33F3N6O.2C22H27F4N5O/c1-14(2)34-22(10-21(31-34)15-7-20(25(26,27)28)24(29)30-11-15)23-18-8-16(9-19(18)23)32-3-5-33(6-4-32)17-12-35-13-17;2*1-10(2)31-18(6-17(29-31)11-3-19(32-22(25)26)21(27)28-7-11)20-13-4-12(5-14(13)20)30-8-15(23)16(24)9-30/h7,10-11,14,16-19,23H,3-6,8-9,12-13H2,1-2H3,(H2,29,30);2*3,6-7,10,12-16,20,22H,4-5,8-9H2,1-2H3,(H2,27,28)/t16?,18-,19+,23?;2*12?,13-,14+,15-,16+,20?. The molecule has 0 amide bonds. The molecule has 10 fully saturated rings. The Labute approximate surface area is 567 Å². The second-order valence-corrected chi connectivity index (χ2v) is 29.8. The first-order valence-corrected chi connectivity index (χ1v) is 34.8. The van der Waals surface area contributed by atoms with Gasteiger partial charge in [0, 0.05) is 159 Å². The van der Waals surface area contributed by atoms with Gasteiger partial charge in [-0.15, -0.1) is 0 Å². The summed E-state index contributed by atoms with van der Waals surface area (Å²) in [5, 5.41) is 14.1. The zero-order valence-corrected chi connectivity index (χ0v) is 56.1. The van der Waals surface area contributed by atoms with E-state index in [9.17, 15) is 48.3 Å². The van der Waals surface area contributed by atoms with Crippen LogP contribution in [0.3, 0.4) is 0 Å². The van der Waals surface area contributed by atoms with E-state index in [1.54, 1.807) is 0 Å². The molecule has 4 saturated heterocycles. The highest BCUT2D eigenvalue weighted by atomic mass is 19.4. The van der Waals surface area contributed by atoms with Crippen LogP contribution in [-0.4, -0.2) is 192 Å². The monoisotopic (exact) mass is 1400 g/mol. The molecule has 10 aliphatic rings. The minimum Gasteiger partial charge on any atom is -0.431 e. The Kier molecular flexibility index (Phi) is 19.0. The van der Waals surface area contributed by atoms with E-state index in [0.717, 1.165) is 88.2 Å². The number of piperazine rings is 1. The van der Waals surface area contributed by atoms with Gasteiger partial charge < -0.3 is 31.4 Å². The van der Waals surface area contributed by atoms with Crippen molar-refractivity contribution in [3.63, 3.8) is 0 Å². The van der Waals surface area contributed by atoms with Crippen molar-refractivity contribution in [3.8, 4) is 45.3 Å². The Morgan fingerprint density at radius 3 is 1.03 bits per heavy atom. The number of aromatic nitrogens is 9. The fourth-order valence-corrected chi connectivity index (χ4v) is 17.7. The summed E-state index contributed by atoms with van der Waals surface area (Å²) in [6, 6.07) is 12.0. The van der Waals surface area contributed by atoms with Crippen LogP contribution in [-0.2, 0) is 10.9 Å². The summed E-state index contributed by atoms with van der Waals surface area (Å²) in [6.45, 7) is 13.4. The van der Waals surface area contributed by atoms with Crippen LogP contribution in [0.4, 0.5) is 65.7 Å². The van der Waals surface area contributed by atoms with Crippen LogP contribution in [0.25, 0.3) is 33.8 Å². The van der Waals surface area contributed by atoms with Gasteiger partial charge >= 0.3 is 19.4 Å². The van der Waals surface area contributed by atoms with E-state index in [1.165, 1.54) is 43.6 Å². The molecule has 6 aromatic heterocycles. The second kappa shape index (κ2) is 27.1. The number of hydrogen-bond donors (Lipinski definition) is 3. The van der Waals surface area contributed by atoms with Crippen LogP contribution in [0.15, 0.2) is 55.0 Å². The van der Waals surface area contributed by atoms with E-state index >= 15 is 0 Å². The first-order valence-electron chi connectivity index (χ1n) is 34.8. The predicted octanol–water partition coefficient (Wildman–Crippen LogP) is 12.0. The van der Waals surface area contributed by atoms with Crippen molar-refractivity contribution in [3.05, 3.63) is 77.6 Å². The van der Waals surface area contributed by atoms with Gasteiger partial charge in [-0.2, -0.15) is 46.0 Å². The molecule has 538 valence electrons. The molecule has 4 aliphatic heterocycles. The number of anilines is 3. The molecule has 10 heterocycles. The van der Waals surface area contributed by atoms with E-state index in [0.29, 0.717) is 99.1 Å². The molecular formula is C69H87F11N16O3. The lowest BCUT2D eigenvalue weighted by atomic mass is 10.0. The smallest absolute Gasteiger partial charge is 0.419 e. The molecule has 19 nitrogen and oxygen atoms in total. The van der Waals surface area contributed by atoms with Crippen LogP contribution in [0.5, 0.6) is 11.5 Å². The van der Waals surface area contributed by atoms with Gasteiger partial charge in [0.2, 0.25) is 0 Å². The Bertz CT molecular complexity index is 3640. The van der Waals surface area contributed by atoms with E-state index in [2.05, 4.69) is 48.1 Å². The molecule has 16 atom stereocenters. The molecule has 99 heavy (non-hydrogen) atoms. The van der Waals surface area contributed by atoms with Gasteiger partial charge in [-0.1, -0.05) is 0 Å². The van der Waals surface area contributed by atoms with Crippen LogP contribution in [0.2, 0.25) is 0 Å². The number of alkyl halides is 11. The third kappa shape index (κ3) is 13.9. The number of nitrogens with zero attached hydrogens (tertiary/aromatic N) is 13. The van der Waals surface area contributed by atoms with Crippen molar-refractivity contribution >= 4 is 17.5 Å². The molecule has 6 unspecified atom stereocenters. The number of rotatable bonds is 17. The van der Waals surface area contributed by atoms with Gasteiger partial charge in [-0.05, 0) is 152 Å². The first-order chi connectivity index (χ1) is 47.1. The molecule has 6 saturated carbocycles. The number of nitrogens with two attached hydrogens (primary N) is 3. The summed E-state index contributed by atoms with van der Waals surface area (Å²) in [5.74, 6) is 3.23. The molecule has 0 spiro atoms. The van der Waals surface area contributed by atoms with E-state index in [1.807, 2.05) is 69.7 Å².